The van der Waals surface area contributed by atoms with E-state index in [1.807, 2.05) is 6.92 Å². The maximum atomic E-state index is 13.6. The topological polar surface area (TPSA) is 29.5 Å². The molecule has 0 radical (unpaired) electrons. The monoisotopic (exact) mass is 269 g/mol. The lowest BCUT2D eigenvalue weighted by atomic mass is 10.2. The van der Waals surface area contributed by atoms with Gasteiger partial charge in [-0.15, -0.1) is 0 Å². The van der Waals surface area contributed by atoms with E-state index >= 15 is 0 Å². The summed E-state index contributed by atoms with van der Waals surface area (Å²) in [7, 11) is 0. The van der Waals surface area contributed by atoms with Crippen LogP contribution in [0.1, 0.15) is 25.3 Å². The number of hydrogen-bond donors (Lipinski definition) is 0. The van der Waals surface area contributed by atoms with Crippen molar-refractivity contribution in [2.75, 3.05) is 13.2 Å². The number of halogens is 2. The Morgan fingerprint density at radius 1 is 1.42 bits per heavy atom. The Morgan fingerprint density at radius 3 is 2.74 bits per heavy atom. The number of rotatable bonds is 6. The van der Waals surface area contributed by atoms with Gasteiger partial charge in [0.05, 0.1) is 0 Å². The minimum Gasteiger partial charge on any atom is -0.372 e. The molecule has 1 aliphatic rings. The number of nitrogens with zero attached hydrogens (tertiary/aromatic N) is 1. The van der Waals surface area contributed by atoms with E-state index in [1.165, 1.54) is 12.1 Å². The molecule has 2 rings (SSSR count). The smallest absolute Gasteiger partial charge is 0.249 e. The highest BCUT2D eigenvalue weighted by molar-refractivity contribution is 5.78. The number of carbonyl (C=O) groups excluding carboxylic acids is 1. The highest BCUT2D eigenvalue weighted by Gasteiger charge is 2.32. The average Bonchev–Trinajstić information content (AvgIpc) is 3.19. The molecule has 0 heterocycles. The molecular formula is C14H17F2NO2. The quantitative estimate of drug-likeness (QED) is 0.794. The Labute approximate surface area is 111 Å². The number of hydrogen-bond acceptors (Lipinski definition) is 2. The molecule has 0 bridgehead atoms. The Hall–Kier alpha value is -1.49. The lowest BCUT2D eigenvalue weighted by molar-refractivity contribution is -0.137. The summed E-state index contributed by atoms with van der Waals surface area (Å²) in [6.07, 6.45) is 1.86. The molecule has 0 saturated heterocycles. The molecule has 1 aromatic rings. The van der Waals surface area contributed by atoms with E-state index in [0.717, 1.165) is 18.9 Å². The predicted octanol–water partition coefficient (Wildman–Crippen LogP) is 2.49. The van der Waals surface area contributed by atoms with E-state index < -0.39 is 11.6 Å². The Balaban J connectivity index is 2.06. The SMILES string of the molecule is CCOCC(=O)N(Cc1ccc(F)cc1F)C1CC1. The number of benzene rings is 1. The fourth-order valence-electron chi connectivity index (χ4n) is 1.91. The molecule has 0 aromatic heterocycles. The van der Waals surface area contributed by atoms with E-state index in [2.05, 4.69) is 0 Å². The van der Waals surface area contributed by atoms with Crippen LogP contribution in [0.2, 0.25) is 0 Å². The lowest BCUT2D eigenvalue weighted by Gasteiger charge is -2.22. The van der Waals surface area contributed by atoms with Crippen molar-refractivity contribution in [1.82, 2.24) is 4.90 Å². The first-order valence-corrected chi connectivity index (χ1v) is 6.43. The Bertz CT molecular complexity index is 461. The van der Waals surface area contributed by atoms with Crippen LogP contribution in [0.3, 0.4) is 0 Å². The minimum atomic E-state index is -0.616. The highest BCUT2D eigenvalue weighted by Crippen LogP contribution is 2.29. The summed E-state index contributed by atoms with van der Waals surface area (Å²) in [5.41, 5.74) is 0.332. The maximum absolute atomic E-state index is 13.6. The van der Waals surface area contributed by atoms with Crippen molar-refractivity contribution in [2.24, 2.45) is 0 Å². The first-order chi connectivity index (χ1) is 9.11. The van der Waals surface area contributed by atoms with Gasteiger partial charge in [-0.25, -0.2) is 8.78 Å². The molecule has 104 valence electrons. The van der Waals surface area contributed by atoms with E-state index in [-0.39, 0.29) is 25.1 Å². The molecule has 0 unspecified atom stereocenters. The summed E-state index contributed by atoms with van der Waals surface area (Å²) in [4.78, 5) is 13.6. The van der Waals surface area contributed by atoms with Gasteiger partial charge in [-0.3, -0.25) is 4.79 Å². The fourth-order valence-corrected chi connectivity index (χ4v) is 1.91. The molecule has 1 amide bonds. The second-order valence-corrected chi connectivity index (χ2v) is 4.63. The summed E-state index contributed by atoms with van der Waals surface area (Å²) in [6.45, 7) is 2.46. The molecule has 5 heteroatoms. The molecule has 1 saturated carbocycles. The summed E-state index contributed by atoms with van der Waals surface area (Å²) < 4.78 is 31.5. The first-order valence-electron chi connectivity index (χ1n) is 6.43. The average molecular weight is 269 g/mol. The zero-order valence-corrected chi connectivity index (χ0v) is 10.9. The van der Waals surface area contributed by atoms with Gasteiger partial charge in [0.2, 0.25) is 5.91 Å². The Kier molecular flexibility index (Phi) is 4.47. The fraction of sp³-hybridized carbons (Fsp3) is 0.500. The van der Waals surface area contributed by atoms with Gasteiger partial charge in [-0.05, 0) is 25.8 Å². The normalized spacial score (nSPS) is 14.5. The molecule has 3 nitrogen and oxygen atoms in total. The van der Waals surface area contributed by atoms with Crippen molar-refractivity contribution in [1.29, 1.82) is 0 Å². The van der Waals surface area contributed by atoms with Crippen LogP contribution in [-0.4, -0.2) is 30.1 Å². The van der Waals surface area contributed by atoms with Crippen molar-refractivity contribution >= 4 is 5.91 Å². The van der Waals surface area contributed by atoms with Crippen LogP contribution in [0.15, 0.2) is 18.2 Å². The van der Waals surface area contributed by atoms with Crippen molar-refractivity contribution < 1.29 is 18.3 Å². The summed E-state index contributed by atoms with van der Waals surface area (Å²) in [5, 5.41) is 0. The van der Waals surface area contributed by atoms with Crippen LogP contribution in [0.25, 0.3) is 0 Å². The van der Waals surface area contributed by atoms with Gasteiger partial charge in [-0.1, -0.05) is 6.07 Å². The maximum Gasteiger partial charge on any atom is 0.249 e. The van der Waals surface area contributed by atoms with Gasteiger partial charge in [0.15, 0.2) is 0 Å². The summed E-state index contributed by atoms with van der Waals surface area (Å²) >= 11 is 0. The van der Waals surface area contributed by atoms with Gasteiger partial charge in [-0.2, -0.15) is 0 Å². The number of amides is 1. The van der Waals surface area contributed by atoms with Crippen LogP contribution in [0, 0.1) is 11.6 Å². The third-order valence-corrected chi connectivity index (χ3v) is 3.09. The molecule has 0 spiro atoms. The number of ether oxygens (including phenoxy) is 1. The van der Waals surface area contributed by atoms with Crippen molar-refractivity contribution in [2.45, 2.75) is 32.4 Å². The van der Waals surface area contributed by atoms with E-state index in [0.29, 0.717) is 12.2 Å². The molecule has 0 N–H and O–H groups in total. The third kappa shape index (κ3) is 3.73. The zero-order valence-electron chi connectivity index (χ0n) is 10.9. The molecule has 1 fully saturated rings. The van der Waals surface area contributed by atoms with E-state index in [9.17, 15) is 13.6 Å². The third-order valence-electron chi connectivity index (χ3n) is 3.09. The second-order valence-electron chi connectivity index (χ2n) is 4.63. The molecule has 1 aromatic carbocycles. The predicted molar refractivity (Wildman–Crippen MR) is 66.4 cm³/mol. The van der Waals surface area contributed by atoms with Gasteiger partial charge in [0, 0.05) is 30.8 Å². The van der Waals surface area contributed by atoms with Crippen molar-refractivity contribution in [3.8, 4) is 0 Å². The Morgan fingerprint density at radius 2 is 2.16 bits per heavy atom. The van der Waals surface area contributed by atoms with Crippen LogP contribution >= 0.6 is 0 Å². The zero-order chi connectivity index (χ0) is 13.8. The van der Waals surface area contributed by atoms with Gasteiger partial charge >= 0.3 is 0 Å². The van der Waals surface area contributed by atoms with Crippen LogP contribution < -0.4 is 0 Å². The van der Waals surface area contributed by atoms with Crippen LogP contribution in [0.4, 0.5) is 8.78 Å². The van der Waals surface area contributed by atoms with Crippen molar-refractivity contribution in [3.05, 3.63) is 35.4 Å². The molecular weight excluding hydrogens is 252 g/mol. The highest BCUT2D eigenvalue weighted by atomic mass is 19.1. The van der Waals surface area contributed by atoms with E-state index in [4.69, 9.17) is 4.74 Å². The van der Waals surface area contributed by atoms with Gasteiger partial charge in [0.1, 0.15) is 18.2 Å². The summed E-state index contributed by atoms with van der Waals surface area (Å²) in [6, 6.07) is 3.59. The molecule has 0 atom stereocenters. The van der Waals surface area contributed by atoms with Gasteiger partial charge in [0.25, 0.3) is 0 Å². The summed E-state index contributed by atoms with van der Waals surface area (Å²) in [5.74, 6) is -1.37. The first kappa shape index (κ1) is 13.9. The molecule has 1 aliphatic carbocycles. The largest absolute Gasteiger partial charge is 0.372 e. The van der Waals surface area contributed by atoms with Gasteiger partial charge < -0.3 is 9.64 Å². The van der Waals surface area contributed by atoms with Crippen LogP contribution in [0.5, 0.6) is 0 Å². The van der Waals surface area contributed by atoms with Crippen molar-refractivity contribution in [3.63, 3.8) is 0 Å². The standard InChI is InChI=1S/C14H17F2NO2/c1-2-19-9-14(18)17(12-5-6-12)8-10-3-4-11(15)7-13(10)16/h3-4,7,12H,2,5-6,8-9H2,1H3. The molecule has 0 aliphatic heterocycles. The van der Waals surface area contributed by atoms with Crippen LogP contribution in [-0.2, 0) is 16.1 Å². The number of carbonyl (C=O) groups is 1. The second kappa shape index (κ2) is 6.10. The molecule has 19 heavy (non-hydrogen) atoms. The lowest BCUT2D eigenvalue weighted by Crippen LogP contribution is -2.35. The van der Waals surface area contributed by atoms with E-state index in [1.54, 1.807) is 4.90 Å². The minimum absolute atomic E-state index is 0.00974.